The summed E-state index contributed by atoms with van der Waals surface area (Å²) >= 11 is 0. The Hall–Kier alpha value is -1.05. The third kappa shape index (κ3) is 4.76. The molecule has 0 aliphatic heterocycles. The SMILES string of the molecule is CCOC(=O)C(C)(C=C=C(C)C(C)(C)C)CO. The number of carbonyl (C=O) groups excluding carboxylic acids is 1. The number of aliphatic hydroxyl groups excluding tert-OH is 1. The van der Waals surface area contributed by atoms with Crippen molar-refractivity contribution < 1.29 is 14.6 Å². The Morgan fingerprint density at radius 3 is 2.24 bits per heavy atom. The van der Waals surface area contributed by atoms with Crippen molar-refractivity contribution in [2.24, 2.45) is 10.8 Å². The minimum absolute atomic E-state index is 0.00151. The molecule has 0 aromatic carbocycles. The molecule has 0 amide bonds. The van der Waals surface area contributed by atoms with Gasteiger partial charge in [-0.15, -0.1) is 5.73 Å². The monoisotopic (exact) mass is 240 g/mol. The van der Waals surface area contributed by atoms with Gasteiger partial charge in [-0.2, -0.15) is 0 Å². The Balaban J connectivity index is 5.17. The van der Waals surface area contributed by atoms with E-state index in [1.165, 1.54) is 0 Å². The lowest BCUT2D eigenvalue weighted by molar-refractivity contribution is -0.153. The van der Waals surface area contributed by atoms with E-state index < -0.39 is 11.4 Å². The molecule has 98 valence electrons. The molecule has 0 heterocycles. The van der Waals surface area contributed by atoms with Crippen LogP contribution in [0.3, 0.4) is 0 Å². The summed E-state index contributed by atoms with van der Waals surface area (Å²) in [5.41, 5.74) is 3.10. The molecule has 1 unspecified atom stereocenters. The zero-order chi connectivity index (χ0) is 13.7. The summed E-state index contributed by atoms with van der Waals surface area (Å²) in [7, 11) is 0. The second-order valence-electron chi connectivity index (χ2n) is 5.46. The molecule has 3 nitrogen and oxygen atoms in total. The van der Waals surface area contributed by atoms with Crippen molar-refractivity contribution in [2.45, 2.75) is 41.5 Å². The van der Waals surface area contributed by atoms with E-state index in [2.05, 4.69) is 26.5 Å². The first-order chi connectivity index (χ1) is 7.67. The van der Waals surface area contributed by atoms with Gasteiger partial charge in [0.1, 0.15) is 5.41 Å². The minimum atomic E-state index is -1.01. The van der Waals surface area contributed by atoms with Crippen molar-refractivity contribution in [3.63, 3.8) is 0 Å². The summed E-state index contributed by atoms with van der Waals surface area (Å²) in [6.45, 7) is 11.6. The highest BCUT2D eigenvalue weighted by molar-refractivity contribution is 5.78. The van der Waals surface area contributed by atoms with Crippen molar-refractivity contribution in [1.82, 2.24) is 0 Å². The second kappa shape index (κ2) is 6.04. The van der Waals surface area contributed by atoms with Gasteiger partial charge >= 0.3 is 5.97 Å². The number of carbonyl (C=O) groups is 1. The van der Waals surface area contributed by atoms with Crippen LogP contribution in [0.15, 0.2) is 17.4 Å². The van der Waals surface area contributed by atoms with Crippen molar-refractivity contribution >= 4 is 5.97 Å². The largest absolute Gasteiger partial charge is 0.465 e. The van der Waals surface area contributed by atoms with Crippen molar-refractivity contribution in [1.29, 1.82) is 0 Å². The zero-order valence-electron chi connectivity index (χ0n) is 11.8. The van der Waals surface area contributed by atoms with Gasteiger partial charge in [-0.05, 0) is 37.8 Å². The molecule has 0 saturated heterocycles. The molecule has 17 heavy (non-hydrogen) atoms. The third-order valence-electron chi connectivity index (χ3n) is 2.80. The van der Waals surface area contributed by atoms with Crippen molar-refractivity contribution in [3.8, 4) is 0 Å². The van der Waals surface area contributed by atoms with Crippen LogP contribution in [0.5, 0.6) is 0 Å². The van der Waals surface area contributed by atoms with Crippen LogP contribution in [-0.2, 0) is 9.53 Å². The van der Waals surface area contributed by atoms with Crippen LogP contribution in [0.4, 0.5) is 0 Å². The number of ether oxygens (including phenoxy) is 1. The van der Waals surface area contributed by atoms with Gasteiger partial charge in [-0.1, -0.05) is 20.8 Å². The molecule has 0 aliphatic carbocycles. The summed E-state index contributed by atoms with van der Waals surface area (Å²) in [4.78, 5) is 11.7. The van der Waals surface area contributed by atoms with Gasteiger partial charge in [0.2, 0.25) is 0 Å². The molecule has 3 heteroatoms. The van der Waals surface area contributed by atoms with Gasteiger partial charge in [-0.25, -0.2) is 0 Å². The molecule has 1 atom stereocenters. The van der Waals surface area contributed by atoms with E-state index in [4.69, 9.17) is 4.74 Å². The molecular formula is C14H24O3. The summed E-state index contributed by atoms with van der Waals surface area (Å²) in [6.07, 6.45) is 1.60. The Morgan fingerprint density at radius 2 is 1.88 bits per heavy atom. The van der Waals surface area contributed by atoms with Crippen molar-refractivity contribution in [3.05, 3.63) is 17.4 Å². The van der Waals surface area contributed by atoms with E-state index in [9.17, 15) is 9.90 Å². The van der Waals surface area contributed by atoms with Crippen LogP contribution < -0.4 is 0 Å². The smallest absolute Gasteiger partial charge is 0.318 e. The highest BCUT2D eigenvalue weighted by atomic mass is 16.5. The van der Waals surface area contributed by atoms with Crippen LogP contribution in [0.1, 0.15) is 41.5 Å². The lowest BCUT2D eigenvalue weighted by Crippen LogP contribution is -2.31. The maximum Gasteiger partial charge on any atom is 0.318 e. The zero-order valence-corrected chi connectivity index (χ0v) is 11.8. The second-order valence-corrected chi connectivity index (χ2v) is 5.46. The van der Waals surface area contributed by atoms with Crippen LogP contribution >= 0.6 is 0 Å². The van der Waals surface area contributed by atoms with Gasteiger partial charge in [0.05, 0.1) is 13.2 Å². The first-order valence-electron chi connectivity index (χ1n) is 5.90. The van der Waals surface area contributed by atoms with E-state index >= 15 is 0 Å². The standard InChI is InChI=1S/C14H24O3/c1-7-17-12(16)14(6,10-15)9-8-11(2)13(3,4)5/h9,15H,7,10H2,1-6H3. The lowest BCUT2D eigenvalue weighted by Gasteiger charge is -2.21. The highest BCUT2D eigenvalue weighted by Gasteiger charge is 2.31. The van der Waals surface area contributed by atoms with Crippen LogP contribution in [0.25, 0.3) is 0 Å². The van der Waals surface area contributed by atoms with E-state index in [1.54, 1.807) is 19.9 Å². The lowest BCUT2D eigenvalue weighted by atomic mass is 9.86. The normalized spacial score (nSPS) is 14.5. The molecule has 0 radical (unpaired) electrons. The van der Waals surface area contributed by atoms with E-state index in [-0.39, 0.29) is 12.0 Å². The molecule has 0 aromatic heterocycles. The number of hydrogen-bond donors (Lipinski definition) is 1. The maximum absolute atomic E-state index is 11.7. The Morgan fingerprint density at radius 1 is 1.35 bits per heavy atom. The minimum Gasteiger partial charge on any atom is -0.465 e. The Bertz CT molecular complexity index is 330. The molecule has 0 aromatic rings. The summed E-state index contributed by atoms with van der Waals surface area (Å²) in [5, 5.41) is 9.32. The van der Waals surface area contributed by atoms with Gasteiger partial charge in [-0.3, -0.25) is 4.79 Å². The molecule has 0 bridgehead atoms. The van der Waals surface area contributed by atoms with Crippen LogP contribution in [0.2, 0.25) is 0 Å². The molecular weight excluding hydrogens is 216 g/mol. The van der Waals surface area contributed by atoms with E-state index in [1.807, 2.05) is 6.92 Å². The molecule has 0 rings (SSSR count). The molecule has 0 saturated carbocycles. The first-order valence-corrected chi connectivity index (χ1v) is 5.90. The predicted octanol–water partition coefficient (Wildman–Crippen LogP) is 2.70. The Kier molecular flexibility index (Phi) is 5.67. The number of aliphatic hydroxyl groups is 1. The molecule has 0 spiro atoms. The van der Waals surface area contributed by atoms with Crippen molar-refractivity contribution in [2.75, 3.05) is 13.2 Å². The topological polar surface area (TPSA) is 46.5 Å². The summed E-state index contributed by atoms with van der Waals surface area (Å²) in [6, 6.07) is 0. The number of esters is 1. The molecule has 1 N–H and O–H groups in total. The predicted molar refractivity (Wildman–Crippen MR) is 68.6 cm³/mol. The quantitative estimate of drug-likeness (QED) is 0.607. The highest BCUT2D eigenvalue weighted by Crippen LogP contribution is 2.25. The van der Waals surface area contributed by atoms with E-state index in [0.717, 1.165) is 5.57 Å². The average molecular weight is 240 g/mol. The maximum atomic E-state index is 11.7. The molecule has 0 aliphatic rings. The van der Waals surface area contributed by atoms with Gasteiger partial charge in [0, 0.05) is 0 Å². The van der Waals surface area contributed by atoms with Gasteiger partial charge in [0.25, 0.3) is 0 Å². The fourth-order valence-corrected chi connectivity index (χ4v) is 0.949. The number of hydrogen-bond acceptors (Lipinski definition) is 3. The van der Waals surface area contributed by atoms with Gasteiger partial charge < -0.3 is 9.84 Å². The fourth-order valence-electron chi connectivity index (χ4n) is 0.949. The summed E-state index contributed by atoms with van der Waals surface area (Å²) in [5.74, 6) is -0.420. The number of rotatable bonds is 4. The average Bonchev–Trinajstić information content (AvgIpc) is 2.24. The van der Waals surface area contributed by atoms with Crippen LogP contribution in [0, 0.1) is 10.8 Å². The molecule has 0 fully saturated rings. The first kappa shape index (κ1) is 16.0. The van der Waals surface area contributed by atoms with Gasteiger partial charge in [0.15, 0.2) is 0 Å². The fraction of sp³-hybridized carbons (Fsp3) is 0.714. The Labute approximate surface area is 104 Å². The third-order valence-corrected chi connectivity index (χ3v) is 2.80. The summed E-state index contributed by atoms with van der Waals surface area (Å²) < 4.78 is 4.94. The van der Waals surface area contributed by atoms with E-state index in [0.29, 0.717) is 6.61 Å². The van der Waals surface area contributed by atoms with Crippen LogP contribution in [-0.4, -0.2) is 24.3 Å².